The molecule has 168 valence electrons. The van der Waals surface area contributed by atoms with Crippen molar-refractivity contribution in [3.8, 4) is 5.69 Å². The molecule has 1 aliphatic rings. The minimum atomic E-state index is -0.319. The summed E-state index contributed by atoms with van der Waals surface area (Å²) < 4.78 is 7.12. The van der Waals surface area contributed by atoms with Gasteiger partial charge in [-0.15, -0.1) is 0 Å². The number of piperidine rings is 1. The SMILES string of the molecule is CCOC(=O)c1cnn(-c2ccc(C)cc2)c1CNC1CCN(Cc2ccccc2)CC1. The van der Waals surface area contributed by atoms with Crippen LogP contribution in [0.1, 0.15) is 46.9 Å². The molecule has 0 radical (unpaired) electrons. The van der Waals surface area contributed by atoms with Gasteiger partial charge in [-0.3, -0.25) is 4.90 Å². The van der Waals surface area contributed by atoms with Gasteiger partial charge in [-0.25, -0.2) is 9.48 Å². The van der Waals surface area contributed by atoms with Crippen LogP contribution >= 0.6 is 0 Å². The number of carbonyl (C=O) groups is 1. The Balaban J connectivity index is 1.41. The maximum atomic E-state index is 12.5. The average molecular weight is 433 g/mol. The normalized spacial score (nSPS) is 15.1. The van der Waals surface area contributed by atoms with E-state index >= 15 is 0 Å². The molecule has 0 atom stereocenters. The molecule has 0 aliphatic carbocycles. The summed E-state index contributed by atoms with van der Waals surface area (Å²) in [6, 6.07) is 19.2. The summed E-state index contributed by atoms with van der Waals surface area (Å²) in [5, 5.41) is 8.18. The molecule has 2 aromatic carbocycles. The molecule has 2 heterocycles. The van der Waals surface area contributed by atoms with Crippen molar-refractivity contribution in [3.05, 3.63) is 83.2 Å². The van der Waals surface area contributed by atoms with E-state index in [4.69, 9.17) is 4.74 Å². The molecule has 0 saturated carbocycles. The van der Waals surface area contributed by atoms with Gasteiger partial charge in [0.15, 0.2) is 0 Å². The third-order valence-electron chi connectivity index (χ3n) is 6.04. The molecule has 32 heavy (non-hydrogen) atoms. The highest BCUT2D eigenvalue weighted by Crippen LogP contribution is 2.19. The van der Waals surface area contributed by atoms with Gasteiger partial charge < -0.3 is 10.1 Å². The summed E-state index contributed by atoms with van der Waals surface area (Å²) >= 11 is 0. The van der Waals surface area contributed by atoms with E-state index in [-0.39, 0.29) is 5.97 Å². The lowest BCUT2D eigenvalue weighted by Crippen LogP contribution is -2.42. The molecule has 1 saturated heterocycles. The molecule has 6 nitrogen and oxygen atoms in total. The van der Waals surface area contributed by atoms with Gasteiger partial charge in [-0.2, -0.15) is 5.10 Å². The highest BCUT2D eigenvalue weighted by atomic mass is 16.5. The second-order valence-corrected chi connectivity index (χ2v) is 8.39. The van der Waals surface area contributed by atoms with Crippen molar-refractivity contribution in [3.63, 3.8) is 0 Å². The molecule has 1 aliphatic heterocycles. The number of nitrogens with zero attached hydrogens (tertiary/aromatic N) is 3. The van der Waals surface area contributed by atoms with Crippen LogP contribution in [0.25, 0.3) is 5.69 Å². The van der Waals surface area contributed by atoms with E-state index in [1.165, 1.54) is 11.1 Å². The molecule has 6 heteroatoms. The van der Waals surface area contributed by atoms with E-state index < -0.39 is 0 Å². The van der Waals surface area contributed by atoms with Gasteiger partial charge in [-0.1, -0.05) is 48.0 Å². The Morgan fingerprint density at radius 3 is 2.50 bits per heavy atom. The predicted molar refractivity (Wildman–Crippen MR) is 126 cm³/mol. The van der Waals surface area contributed by atoms with Gasteiger partial charge in [0, 0.05) is 19.1 Å². The number of benzene rings is 2. The summed E-state index contributed by atoms with van der Waals surface area (Å²) in [7, 11) is 0. The highest BCUT2D eigenvalue weighted by molar-refractivity contribution is 5.90. The summed E-state index contributed by atoms with van der Waals surface area (Å²) in [4.78, 5) is 15.0. The number of aryl methyl sites for hydroxylation is 1. The largest absolute Gasteiger partial charge is 0.462 e. The Morgan fingerprint density at radius 2 is 1.81 bits per heavy atom. The Labute approximate surface area is 190 Å². The molecule has 0 bridgehead atoms. The lowest BCUT2D eigenvalue weighted by atomic mass is 10.0. The maximum Gasteiger partial charge on any atom is 0.341 e. The zero-order valence-electron chi connectivity index (χ0n) is 19.0. The topological polar surface area (TPSA) is 59.4 Å². The fraction of sp³-hybridized carbons (Fsp3) is 0.385. The van der Waals surface area contributed by atoms with Crippen molar-refractivity contribution < 1.29 is 9.53 Å². The van der Waals surface area contributed by atoms with Crippen LogP contribution in [-0.2, 0) is 17.8 Å². The molecule has 0 unspecified atom stereocenters. The van der Waals surface area contributed by atoms with E-state index in [1.54, 1.807) is 6.20 Å². The number of ether oxygens (including phenoxy) is 1. The second kappa shape index (κ2) is 10.6. The standard InChI is InChI=1S/C26H32N4O2/c1-3-32-26(31)24-17-28-30(23-11-9-20(2)10-12-23)25(24)18-27-22-13-15-29(16-14-22)19-21-7-5-4-6-8-21/h4-12,17,22,27H,3,13-16,18-19H2,1-2H3. The number of nitrogens with one attached hydrogen (secondary N) is 1. The molecule has 4 rings (SSSR count). The number of rotatable bonds is 8. The zero-order chi connectivity index (χ0) is 22.3. The molecule has 0 spiro atoms. The van der Waals surface area contributed by atoms with Crippen LogP contribution in [0, 0.1) is 6.92 Å². The van der Waals surface area contributed by atoms with Crippen molar-refractivity contribution in [1.29, 1.82) is 0 Å². The van der Waals surface area contributed by atoms with E-state index in [0.717, 1.165) is 43.9 Å². The van der Waals surface area contributed by atoms with E-state index in [2.05, 4.69) is 64.7 Å². The third-order valence-corrected chi connectivity index (χ3v) is 6.04. The summed E-state index contributed by atoms with van der Waals surface area (Å²) in [6.45, 7) is 7.93. The van der Waals surface area contributed by atoms with Gasteiger partial charge >= 0.3 is 5.97 Å². The lowest BCUT2D eigenvalue weighted by Gasteiger charge is -2.32. The fourth-order valence-corrected chi connectivity index (χ4v) is 4.21. The predicted octanol–water partition coefficient (Wildman–Crippen LogP) is 4.11. The van der Waals surface area contributed by atoms with Gasteiger partial charge in [0.25, 0.3) is 0 Å². The van der Waals surface area contributed by atoms with Crippen LogP contribution in [0.3, 0.4) is 0 Å². The van der Waals surface area contributed by atoms with Crippen LogP contribution < -0.4 is 5.32 Å². The first-order chi connectivity index (χ1) is 15.6. The minimum Gasteiger partial charge on any atom is -0.462 e. The zero-order valence-corrected chi connectivity index (χ0v) is 19.0. The number of aromatic nitrogens is 2. The number of likely N-dealkylation sites (tertiary alicyclic amines) is 1. The van der Waals surface area contributed by atoms with E-state index in [1.807, 2.05) is 23.7 Å². The first-order valence-electron chi connectivity index (χ1n) is 11.4. The van der Waals surface area contributed by atoms with Crippen molar-refractivity contribution in [1.82, 2.24) is 20.0 Å². The summed E-state index contributed by atoms with van der Waals surface area (Å²) in [5.41, 5.74) is 4.87. The van der Waals surface area contributed by atoms with Crippen molar-refractivity contribution in [2.45, 2.75) is 45.8 Å². The molecule has 0 amide bonds. The van der Waals surface area contributed by atoms with Gasteiger partial charge in [0.05, 0.1) is 24.2 Å². The van der Waals surface area contributed by atoms with Crippen molar-refractivity contribution >= 4 is 5.97 Å². The van der Waals surface area contributed by atoms with Crippen LogP contribution in [0.15, 0.2) is 60.8 Å². The minimum absolute atomic E-state index is 0.319. The average Bonchev–Trinajstić information content (AvgIpc) is 3.24. The molecule has 3 aromatic rings. The number of esters is 1. The Hall–Kier alpha value is -2.96. The fourth-order valence-electron chi connectivity index (χ4n) is 4.21. The van der Waals surface area contributed by atoms with Crippen LogP contribution in [0.4, 0.5) is 0 Å². The first-order valence-corrected chi connectivity index (χ1v) is 11.4. The van der Waals surface area contributed by atoms with Crippen molar-refractivity contribution in [2.75, 3.05) is 19.7 Å². The number of hydrogen-bond acceptors (Lipinski definition) is 5. The third kappa shape index (κ3) is 5.44. The van der Waals surface area contributed by atoms with Crippen LogP contribution in [0.5, 0.6) is 0 Å². The molecular weight excluding hydrogens is 400 g/mol. The van der Waals surface area contributed by atoms with Gasteiger partial charge in [-0.05, 0) is 57.5 Å². The van der Waals surface area contributed by atoms with Crippen LogP contribution in [0.2, 0.25) is 0 Å². The Kier molecular flexibility index (Phi) is 7.35. The maximum absolute atomic E-state index is 12.5. The highest BCUT2D eigenvalue weighted by Gasteiger charge is 2.23. The van der Waals surface area contributed by atoms with E-state index in [9.17, 15) is 4.79 Å². The Bertz CT molecular complexity index is 1010. The number of hydrogen-bond donors (Lipinski definition) is 1. The lowest BCUT2D eigenvalue weighted by molar-refractivity contribution is 0.0524. The monoisotopic (exact) mass is 432 g/mol. The van der Waals surface area contributed by atoms with Gasteiger partial charge in [0.1, 0.15) is 5.56 Å². The van der Waals surface area contributed by atoms with E-state index in [0.29, 0.717) is 24.8 Å². The molecular formula is C26H32N4O2. The Morgan fingerprint density at radius 1 is 1.09 bits per heavy atom. The van der Waals surface area contributed by atoms with Gasteiger partial charge in [0.2, 0.25) is 0 Å². The summed E-state index contributed by atoms with van der Waals surface area (Å²) in [5.74, 6) is -0.319. The van der Waals surface area contributed by atoms with Crippen molar-refractivity contribution in [2.24, 2.45) is 0 Å². The quantitative estimate of drug-likeness (QED) is 0.543. The molecule has 1 aromatic heterocycles. The number of carbonyl (C=O) groups excluding carboxylic acids is 1. The molecule has 1 fully saturated rings. The first kappa shape index (κ1) is 22.2. The summed E-state index contributed by atoms with van der Waals surface area (Å²) in [6.07, 6.45) is 3.79. The van der Waals surface area contributed by atoms with Crippen LogP contribution in [-0.4, -0.2) is 46.4 Å². The second-order valence-electron chi connectivity index (χ2n) is 8.39. The smallest absolute Gasteiger partial charge is 0.341 e. The molecule has 1 N–H and O–H groups in total.